The number of hydrogen-bond donors (Lipinski definition) is 3. The fourth-order valence-corrected chi connectivity index (χ4v) is 4.57. The normalized spacial score (nSPS) is 12.9. The van der Waals surface area contributed by atoms with Crippen molar-refractivity contribution in [3.05, 3.63) is 82.6 Å². The molecule has 1 aliphatic rings. The van der Waals surface area contributed by atoms with Gasteiger partial charge in [-0.1, -0.05) is 31.7 Å². The lowest BCUT2D eigenvalue weighted by Crippen LogP contribution is -2.61. The molecule has 4 amide bonds. The number of carbonyl (C=O) groups excluding carboxylic acids is 4. The first-order chi connectivity index (χ1) is 19.2. The summed E-state index contributed by atoms with van der Waals surface area (Å²) in [6.07, 6.45) is 3.47. The number of nitrogens with one attached hydrogen (secondary N) is 3. The van der Waals surface area contributed by atoms with Crippen molar-refractivity contribution in [3.8, 4) is 0 Å². The van der Waals surface area contributed by atoms with Crippen LogP contribution in [0.15, 0.2) is 61.3 Å². The van der Waals surface area contributed by atoms with Gasteiger partial charge in [-0.25, -0.2) is 0 Å². The number of benzene rings is 2. The standard InChI is InChI=1S/C28H30N6O6/c1-3-18-7-5-6-8-23(18)31-25(35)11-12-29-28(38)22-16-32(24-10-9-20(34(39)40)13-21(22)24)17-26(36)30-19-14-33(15-19)27(37)4-2/h4-10,13,16,19H,2-3,11-12,14-15,17H2,1H3,(H,29,38)(H,30,36)(H,31,35). The van der Waals surface area contributed by atoms with Crippen LogP contribution in [0.3, 0.4) is 0 Å². The molecule has 12 heteroatoms. The summed E-state index contributed by atoms with van der Waals surface area (Å²) < 4.78 is 1.54. The number of nitrogens with zero attached hydrogens (tertiary/aromatic N) is 3. The Hall–Kier alpha value is -5.00. The number of para-hydroxylation sites is 1. The van der Waals surface area contributed by atoms with Crippen molar-refractivity contribution in [2.45, 2.75) is 32.4 Å². The topological polar surface area (TPSA) is 156 Å². The van der Waals surface area contributed by atoms with Crippen molar-refractivity contribution in [3.63, 3.8) is 0 Å². The number of amides is 4. The van der Waals surface area contributed by atoms with Gasteiger partial charge in [-0.2, -0.15) is 0 Å². The van der Waals surface area contributed by atoms with Crippen molar-refractivity contribution >= 4 is 45.9 Å². The number of carbonyl (C=O) groups is 4. The first-order valence-corrected chi connectivity index (χ1v) is 12.8. The van der Waals surface area contributed by atoms with E-state index in [1.165, 1.54) is 30.5 Å². The molecule has 40 heavy (non-hydrogen) atoms. The Morgan fingerprint density at radius 1 is 1.12 bits per heavy atom. The number of aryl methyl sites for hydroxylation is 1. The van der Waals surface area contributed by atoms with E-state index >= 15 is 0 Å². The van der Waals surface area contributed by atoms with Gasteiger partial charge in [0.1, 0.15) is 6.54 Å². The van der Waals surface area contributed by atoms with Gasteiger partial charge in [-0.05, 0) is 30.2 Å². The fourth-order valence-electron chi connectivity index (χ4n) is 4.57. The van der Waals surface area contributed by atoms with Gasteiger partial charge in [-0.3, -0.25) is 29.3 Å². The lowest BCUT2D eigenvalue weighted by molar-refractivity contribution is -0.384. The third-order valence-corrected chi connectivity index (χ3v) is 6.68. The van der Waals surface area contributed by atoms with Crippen LogP contribution in [0.2, 0.25) is 0 Å². The molecule has 12 nitrogen and oxygen atoms in total. The molecule has 1 aliphatic heterocycles. The van der Waals surface area contributed by atoms with Crippen LogP contribution in [0.4, 0.5) is 11.4 Å². The van der Waals surface area contributed by atoms with E-state index in [4.69, 9.17) is 0 Å². The van der Waals surface area contributed by atoms with Crippen LogP contribution in [-0.4, -0.2) is 63.7 Å². The third-order valence-electron chi connectivity index (χ3n) is 6.68. The van der Waals surface area contributed by atoms with E-state index in [0.29, 0.717) is 24.0 Å². The van der Waals surface area contributed by atoms with Crippen molar-refractivity contribution in [1.29, 1.82) is 0 Å². The monoisotopic (exact) mass is 546 g/mol. The summed E-state index contributed by atoms with van der Waals surface area (Å²) in [4.78, 5) is 62.2. The van der Waals surface area contributed by atoms with Gasteiger partial charge in [0.05, 0.1) is 16.5 Å². The summed E-state index contributed by atoms with van der Waals surface area (Å²) in [6.45, 7) is 6.09. The number of likely N-dealkylation sites (tertiary alicyclic amines) is 1. The number of fused-ring (bicyclic) bond motifs is 1. The van der Waals surface area contributed by atoms with Gasteiger partial charge in [-0.15, -0.1) is 0 Å². The smallest absolute Gasteiger partial charge is 0.270 e. The van der Waals surface area contributed by atoms with Crippen LogP contribution in [0.25, 0.3) is 10.9 Å². The van der Waals surface area contributed by atoms with Crippen LogP contribution < -0.4 is 16.0 Å². The molecule has 0 radical (unpaired) electrons. The SMILES string of the molecule is C=CC(=O)N1CC(NC(=O)Cn2cc(C(=O)NCCC(=O)Nc3ccccc3CC)c3cc([N+](=O)[O-])ccc32)C1. The number of nitro benzene ring substituents is 1. The predicted octanol–water partition coefficient (Wildman–Crippen LogP) is 2.38. The van der Waals surface area contributed by atoms with E-state index < -0.39 is 10.8 Å². The van der Waals surface area contributed by atoms with Crippen LogP contribution in [-0.2, 0) is 27.3 Å². The van der Waals surface area contributed by atoms with E-state index in [1.54, 1.807) is 9.47 Å². The molecule has 0 unspecified atom stereocenters. The summed E-state index contributed by atoms with van der Waals surface area (Å²) in [5.74, 6) is -1.33. The maximum atomic E-state index is 13.1. The van der Waals surface area contributed by atoms with E-state index in [0.717, 1.165) is 17.7 Å². The van der Waals surface area contributed by atoms with Crippen LogP contribution in [0, 0.1) is 10.1 Å². The summed E-state index contributed by atoms with van der Waals surface area (Å²) in [6, 6.07) is 11.4. The highest BCUT2D eigenvalue weighted by atomic mass is 16.6. The quantitative estimate of drug-likeness (QED) is 0.191. The Balaban J connectivity index is 1.42. The Morgan fingerprint density at radius 3 is 2.58 bits per heavy atom. The van der Waals surface area contributed by atoms with Crippen molar-refractivity contribution < 1.29 is 24.1 Å². The average Bonchev–Trinajstić information content (AvgIpc) is 3.27. The Kier molecular flexibility index (Phi) is 8.57. The van der Waals surface area contributed by atoms with Crippen LogP contribution >= 0.6 is 0 Å². The first-order valence-electron chi connectivity index (χ1n) is 12.8. The summed E-state index contributed by atoms with van der Waals surface area (Å²) >= 11 is 0. The minimum atomic E-state index is -0.559. The molecule has 0 spiro atoms. The molecule has 0 saturated carbocycles. The number of non-ortho nitro benzene ring substituents is 1. The van der Waals surface area contributed by atoms with Gasteiger partial charge < -0.3 is 25.4 Å². The summed E-state index contributed by atoms with van der Waals surface area (Å²) in [7, 11) is 0. The first kappa shape index (κ1) is 28.0. The van der Waals surface area contributed by atoms with Crippen molar-refractivity contribution in [2.75, 3.05) is 25.0 Å². The molecular formula is C28H30N6O6. The average molecular weight is 547 g/mol. The second-order valence-electron chi connectivity index (χ2n) is 9.41. The Bertz CT molecular complexity index is 1490. The maximum absolute atomic E-state index is 13.1. The number of aromatic nitrogens is 1. The fraction of sp³-hybridized carbons (Fsp3) is 0.286. The molecule has 3 N–H and O–H groups in total. The summed E-state index contributed by atoms with van der Waals surface area (Å²) in [5, 5.41) is 20.1. The molecule has 1 aromatic heterocycles. The molecule has 2 heterocycles. The number of rotatable bonds is 11. The molecule has 208 valence electrons. The lowest BCUT2D eigenvalue weighted by atomic mass is 10.1. The van der Waals surface area contributed by atoms with E-state index in [-0.39, 0.29) is 54.5 Å². The Morgan fingerprint density at radius 2 is 1.88 bits per heavy atom. The van der Waals surface area contributed by atoms with Gasteiger partial charge in [0.15, 0.2) is 0 Å². The van der Waals surface area contributed by atoms with E-state index in [1.807, 2.05) is 31.2 Å². The van der Waals surface area contributed by atoms with Gasteiger partial charge >= 0.3 is 0 Å². The molecule has 0 aliphatic carbocycles. The molecule has 1 saturated heterocycles. The second kappa shape index (κ2) is 12.2. The number of hydrogen-bond acceptors (Lipinski definition) is 6. The third kappa shape index (κ3) is 6.34. The predicted molar refractivity (Wildman–Crippen MR) is 149 cm³/mol. The highest BCUT2D eigenvalue weighted by Gasteiger charge is 2.30. The Labute approximate surface area is 230 Å². The zero-order chi connectivity index (χ0) is 28.8. The molecule has 0 bridgehead atoms. The maximum Gasteiger partial charge on any atom is 0.270 e. The molecular weight excluding hydrogens is 516 g/mol. The molecule has 1 fully saturated rings. The highest BCUT2D eigenvalue weighted by molar-refractivity contribution is 6.08. The number of anilines is 1. The molecule has 3 aromatic rings. The molecule has 4 rings (SSSR count). The largest absolute Gasteiger partial charge is 0.351 e. The zero-order valence-electron chi connectivity index (χ0n) is 22.0. The van der Waals surface area contributed by atoms with E-state index in [9.17, 15) is 29.3 Å². The molecule has 2 aromatic carbocycles. The minimum absolute atomic E-state index is 0.0255. The minimum Gasteiger partial charge on any atom is -0.351 e. The van der Waals surface area contributed by atoms with Crippen LogP contribution in [0.5, 0.6) is 0 Å². The van der Waals surface area contributed by atoms with Gasteiger partial charge in [0.25, 0.3) is 11.6 Å². The van der Waals surface area contributed by atoms with Crippen molar-refractivity contribution in [2.24, 2.45) is 0 Å². The number of nitro groups is 1. The second-order valence-corrected chi connectivity index (χ2v) is 9.41. The highest BCUT2D eigenvalue weighted by Crippen LogP contribution is 2.26. The summed E-state index contributed by atoms with van der Waals surface area (Å²) in [5.41, 5.74) is 2.14. The van der Waals surface area contributed by atoms with Crippen LogP contribution in [0.1, 0.15) is 29.3 Å². The van der Waals surface area contributed by atoms with Gasteiger partial charge in [0, 0.05) is 61.0 Å². The van der Waals surface area contributed by atoms with Gasteiger partial charge in [0.2, 0.25) is 17.7 Å². The lowest BCUT2D eigenvalue weighted by Gasteiger charge is -2.38. The van der Waals surface area contributed by atoms with E-state index in [2.05, 4.69) is 22.5 Å². The molecule has 0 atom stereocenters. The zero-order valence-corrected chi connectivity index (χ0v) is 22.0. The van der Waals surface area contributed by atoms with Crippen molar-refractivity contribution in [1.82, 2.24) is 20.1 Å².